The van der Waals surface area contributed by atoms with E-state index in [9.17, 15) is 10.1 Å². The van der Waals surface area contributed by atoms with Crippen molar-refractivity contribution in [3.63, 3.8) is 0 Å². The normalized spacial score (nSPS) is 9.94. The summed E-state index contributed by atoms with van der Waals surface area (Å²) in [5.41, 5.74) is 1.38. The molecule has 17 heavy (non-hydrogen) atoms. The van der Waals surface area contributed by atoms with E-state index in [2.05, 4.69) is 9.97 Å². The predicted molar refractivity (Wildman–Crippen MR) is 60.7 cm³/mol. The summed E-state index contributed by atoms with van der Waals surface area (Å²) < 4.78 is 4.93. The summed E-state index contributed by atoms with van der Waals surface area (Å²) >= 11 is 0. The van der Waals surface area contributed by atoms with Crippen LogP contribution in [0.15, 0.2) is 36.7 Å². The van der Waals surface area contributed by atoms with E-state index in [1.54, 1.807) is 24.4 Å². The van der Waals surface area contributed by atoms with Crippen molar-refractivity contribution in [1.29, 1.82) is 0 Å². The Morgan fingerprint density at radius 1 is 1.18 bits per heavy atom. The molecule has 0 spiro atoms. The minimum atomic E-state index is -0.483. The van der Waals surface area contributed by atoms with E-state index >= 15 is 0 Å². The van der Waals surface area contributed by atoms with Crippen molar-refractivity contribution in [1.82, 2.24) is 9.97 Å². The highest BCUT2D eigenvalue weighted by atomic mass is 16.6. The molecule has 0 aliphatic heterocycles. The number of nitro groups is 1. The van der Waals surface area contributed by atoms with Crippen LogP contribution in [0.1, 0.15) is 0 Å². The van der Waals surface area contributed by atoms with Crippen LogP contribution in [-0.4, -0.2) is 22.0 Å². The van der Waals surface area contributed by atoms with Crippen molar-refractivity contribution >= 4 is 5.69 Å². The highest BCUT2D eigenvalue weighted by Gasteiger charge is 2.06. The highest BCUT2D eigenvalue weighted by Crippen LogP contribution is 2.20. The quantitative estimate of drug-likeness (QED) is 0.596. The minimum absolute atomic E-state index is 0.0322. The molecule has 2 aromatic rings. The number of pyridine rings is 2. The van der Waals surface area contributed by atoms with Crippen LogP contribution in [-0.2, 0) is 0 Å². The van der Waals surface area contributed by atoms with Crippen molar-refractivity contribution in [2.45, 2.75) is 0 Å². The second kappa shape index (κ2) is 4.56. The molecular formula is C11H9N3O3. The summed E-state index contributed by atoms with van der Waals surface area (Å²) in [5, 5.41) is 10.5. The first kappa shape index (κ1) is 11.0. The van der Waals surface area contributed by atoms with Crippen LogP contribution < -0.4 is 4.74 Å². The van der Waals surface area contributed by atoms with Gasteiger partial charge in [-0.15, -0.1) is 0 Å². The highest BCUT2D eigenvalue weighted by molar-refractivity contribution is 5.59. The first-order valence-corrected chi connectivity index (χ1v) is 4.81. The molecule has 6 heteroatoms. The predicted octanol–water partition coefficient (Wildman–Crippen LogP) is 2.06. The van der Waals surface area contributed by atoms with Gasteiger partial charge >= 0.3 is 0 Å². The molecule has 0 fully saturated rings. The van der Waals surface area contributed by atoms with Crippen molar-refractivity contribution in [2.24, 2.45) is 0 Å². The van der Waals surface area contributed by atoms with Crippen LogP contribution in [0.3, 0.4) is 0 Å². The SMILES string of the molecule is COc1ccc(-c2ccc([N+](=O)[O-])cn2)cn1. The monoisotopic (exact) mass is 231 g/mol. The Labute approximate surface area is 97.1 Å². The lowest BCUT2D eigenvalue weighted by molar-refractivity contribution is -0.385. The molecule has 2 heterocycles. The van der Waals surface area contributed by atoms with Gasteiger partial charge in [-0.1, -0.05) is 0 Å². The van der Waals surface area contributed by atoms with Crippen LogP contribution in [0.2, 0.25) is 0 Å². The molecule has 2 aromatic heterocycles. The van der Waals surface area contributed by atoms with Gasteiger partial charge in [-0.25, -0.2) is 9.97 Å². The molecule has 0 aliphatic carbocycles. The van der Waals surface area contributed by atoms with Crippen molar-refractivity contribution in [3.05, 3.63) is 46.8 Å². The lowest BCUT2D eigenvalue weighted by atomic mass is 10.2. The van der Waals surface area contributed by atoms with E-state index in [1.165, 1.54) is 19.4 Å². The first-order chi connectivity index (χ1) is 8.20. The Kier molecular flexibility index (Phi) is 2.95. The number of rotatable bonds is 3. The van der Waals surface area contributed by atoms with E-state index in [-0.39, 0.29) is 5.69 Å². The number of ether oxygens (including phenoxy) is 1. The molecule has 6 nitrogen and oxygen atoms in total. The molecule has 0 unspecified atom stereocenters. The smallest absolute Gasteiger partial charge is 0.287 e. The molecule has 0 aliphatic rings. The Bertz CT molecular complexity index is 523. The summed E-state index contributed by atoms with van der Waals surface area (Å²) in [6.45, 7) is 0. The lowest BCUT2D eigenvalue weighted by Crippen LogP contribution is -1.91. The van der Waals surface area contributed by atoms with Gasteiger partial charge in [-0.2, -0.15) is 0 Å². The molecule has 0 atom stereocenters. The number of hydrogen-bond donors (Lipinski definition) is 0. The maximum atomic E-state index is 10.5. The van der Waals surface area contributed by atoms with Gasteiger partial charge in [0.2, 0.25) is 5.88 Å². The molecule has 0 radical (unpaired) electrons. The maximum absolute atomic E-state index is 10.5. The third-order valence-corrected chi connectivity index (χ3v) is 2.20. The van der Waals surface area contributed by atoms with Gasteiger partial charge in [0, 0.05) is 23.9 Å². The standard InChI is InChI=1S/C11H9N3O3/c1-17-11-5-2-8(6-13-11)10-4-3-9(7-12-10)14(15)16/h2-7H,1H3. The van der Waals surface area contributed by atoms with Gasteiger partial charge in [-0.3, -0.25) is 10.1 Å². The Hall–Kier alpha value is -2.50. The van der Waals surface area contributed by atoms with Gasteiger partial charge in [0.25, 0.3) is 5.69 Å². The second-order valence-electron chi connectivity index (χ2n) is 3.25. The van der Waals surface area contributed by atoms with E-state index in [1.807, 2.05) is 0 Å². The minimum Gasteiger partial charge on any atom is -0.481 e. The lowest BCUT2D eigenvalue weighted by Gasteiger charge is -2.01. The first-order valence-electron chi connectivity index (χ1n) is 4.81. The topological polar surface area (TPSA) is 78.2 Å². The summed E-state index contributed by atoms with van der Waals surface area (Å²) in [6, 6.07) is 6.49. The van der Waals surface area contributed by atoms with Gasteiger partial charge in [0.05, 0.1) is 17.7 Å². The second-order valence-corrected chi connectivity index (χ2v) is 3.25. The van der Waals surface area contributed by atoms with Gasteiger partial charge < -0.3 is 4.74 Å². The van der Waals surface area contributed by atoms with Crippen molar-refractivity contribution < 1.29 is 9.66 Å². The van der Waals surface area contributed by atoms with E-state index < -0.39 is 4.92 Å². The average molecular weight is 231 g/mol. The van der Waals surface area contributed by atoms with Crippen LogP contribution in [0, 0.1) is 10.1 Å². The van der Waals surface area contributed by atoms with E-state index in [0.717, 1.165) is 5.56 Å². The average Bonchev–Trinajstić information content (AvgIpc) is 2.39. The zero-order valence-corrected chi connectivity index (χ0v) is 9.03. The van der Waals surface area contributed by atoms with E-state index in [4.69, 9.17) is 4.74 Å². The summed E-state index contributed by atoms with van der Waals surface area (Å²) in [6.07, 6.45) is 2.83. The third-order valence-electron chi connectivity index (χ3n) is 2.20. The number of nitrogens with zero attached hydrogens (tertiary/aromatic N) is 3. The fourth-order valence-electron chi connectivity index (χ4n) is 1.32. The zero-order chi connectivity index (χ0) is 12.3. The molecule has 86 valence electrons. The van der Waals surface area contributed by atoms with Crippen LogP contribution in [0.4, 0.5) is 5.69 Å². The Morgan fingerprint density at radius 2 is 2.00 bits per heavy atom. The van der Waals surface area contributed by atoms with Crippen molar-refractivity contribution in [2.75, 3.05) is 7.11 Å². The summed E-state index contributed by atoms with van der Waals surface area (Å²) in [5.74, 6) is 0.510. The Morgan fingerprint density at radius 3 is 2.47 bits per heavy atom. The molecular weight excluding hydrogens is 222 g/mol. The van der Waals surface area contributed by atoms with Gasteiger partial charge in [-0.05, 0) is 12.1 Å². The van der Waals surface area contributed by atoms with Gasteiger partial charge in [0.1, 0.15) is 6.20 Å². The number of methoxy groups -OCH3 is 1. The molecule has 0 aromatic carbocycles. The molecule has 0 amide bonds. The van der Waals surface area contributed by atoms with Crippen LogP contribution in [0.5, 0.6) is 5.88 Å². The third kappa shape index (κ3) is 2.36. The largest absolute Gasteiger partial charge is 0.481 e. The number of aromatic nitrogens is 2. The fraction of sp³-hybridized carbons (Fsp3) is 0.0909. The zero-order valence-electron chi connectivity index (χ0n) is 9.03. The van der Waals surface area contributed by atoms with Crippen molar-refractivity contribution in [3.8, 4) is 17.1 Å². The number of hydrogen-bond acceptors (Lipinski definition) is 5. The summed E-state index contributed by atoms with van der Waals surface area (Å²) in [4.78, 5) is 18.0. The Balaban J connectivity index is 2.29. The van der Waals surface area contributed by atoms with Crippen LogP contribution >= 0.6 is 0 Å². The fourth-order valence-corrected chi connectivity index (χ4v) is 1.32. The summed E-state index contributed by atoms with van der Waals surface area (Å²) in [7, 11) is 1.53. The van der Waals surface area contributed by atoms with E-state index in [0.29, 0.717) is 11.6 Å². The molecule has 0 saturated heterocycles. The van der Waals surface area contributed by atoms with Gasteiger partial charge in [0.15, 0.2) is 0 Å². The molecule has 0 saturated carbocycles. The van der Waals surface area contributed by atoms with Crippen LogP contribution in [0.25, 0.3) is 11.3 Å². The molecule has 0 N–H and O–H groups in total. The molecule has 2 rings (SSSR count). The molecule has 0 bridgehead atoms. The maximum Gasteiger partial charge on any atom is 0.287 e.